The molecule has 0 fully saturated rings. The Morgan fingerprint density at radius 1 is 1.37 bits per heavy atom. The van der Waals surface area contributed by atoms with Gasteiger partial charge in [-0.1, -0.05) is 25.1 Å². The fraction of sp³-hybridized carbons (Fsp3) is 0.214. The van der Waals surface area contributed by atoms with E-state index in [1.165, 1.54) is 6.92 Å². The molecule has 98 valence electrons. The van der Waals surface area contributed by atoms with Gasteiger partial charge in [-0.25, -0.2) is 5.43 Å². The third kappa shape index (κ3) is 2.70. The first-order valence-electron chi connectivity index (χ1n) is 6.06. The topological polar surface area (TPSA) is 63.5 Å². The zero-order chi connectivity index (χ0) is 13.8. The number of para-hydroxylation sites is 1. The number of hydrazone groups is 1. The molecule has 0 spiro atoms. The minimum absolute atomic E-state index is 0.0616. The number of carbonyl (C=O) groups excluding carboxylic acids is 2. The molecule has 2 rings (SSSR count). The van der Waals surface area contributed by atoms with Gasteiger partial charge in [0.15, 0.2) is 0 Å². The number of benzene rings is 1. The van der Waals surface area contributed by atoms with Gasteiger partial charge in [-0.2, -0.15) is 5.10 Å². The van der Waals surface area contributed by atoms with Crippen LogP contribution in [0.3, 0.4) is 0 Å². The lowest BCUT2D eigenvalue weighted by molar-refractivity contribution is -0.120. The highest BCUT2D eigenvalue weighted by molar-refractivity contribution is 6.03. The molecule has 19 heavy (non-hydrogen) atoms. The van der Waals surface area contributed by atoms with Crippen molar-refractivity contribution in [2.75, 3.05) is 0 Å². The molecule has 1 aromatic carbocycles. The van der Waals surface area contributed by atoms with E-state index in [-0.39, 0.29) is 11.8 Å². The third-order valence-electron chi connectivity index (χ3n) is 2.80. The van der Waals surface area contributed by atoms with E-state index >= 15 is 0 Å². The first kappa shape index (κ1) is 13.0. The largest absolute Gasteiger partial charge is 0.287 e. The van der Waals surface area contributed by atoms with E-state index < -0.39 is 0 Å². The minimum atomic E-state index is -0.147. The predicted molar refractivity (Wildman–Crippen MR) is 74.3 cm³/mol. The van der Waals surface area contributed by atoms with Crippen LogP contribution in [0.2, 0.25) is 0 Å². The van der Waals surface area contributed by atoms with Crippen LogP contribution in [0.5, 0.6) is 0 Å². The van der Waals surface area contributed by atoms with Gasteiger partial charge < -0.3 is 0 Å². The molecule has 0 atom stereocenters. The molecule has 0 saturated heterocycles. The zero-order valence-electron chi connectivity index (χ0n) is 10.9. The fourth-order valence-electron chi connectivity index (χ4n) is 1.82. The Bertz CT molecular complexity index is 656. The van der Waals surface area contributed by atoms with E-state index in [1.807, 2.05) is 24.3 Å². The predicted octanol–water partition coefficient (Wildman–Crippen LogP) is 2.16. The molecule has 5 nitrogen and oxygen atoms in total. The van der Waals surface area contributed by atoms with E-state index in [2.05, 4.69) is 10.5 Å². The normalized spacial score (nSPS) is 11.1. The molecule has 1 amide bonds. The highest BCUT2D eigenvalue weighted by atomic mass is 16.2. The maximum absolute atomic E-state index is 11.5. The van der Waals surface area contributed by atoms with Crippen LogP contribution in [0.4, 0.5) is 0 Å². The van der Waals surface area contributed by atoms with Crippen molar-refractivity contribution in [1.82, 2.24) is 9.99 Å². The van der Waals surface area contributed by atoms with Crippen molar-refractivity contribution < 1.29 is 9.59 Å². The lowest BCUT2D eigenvalue weighted by Crippen LogP contribution is -2.15. The molecular weight excluding hydrogens is 242 g/mol. The van der Waals surface area contributed by atoms with E-state index in [9.17, 15) is 9.59 Å². The molecule has 0 saturated carbocycles. The van der Waals surface area contributed by atoms with Crippen LogP contribution in [0, 0.1) is 0 Å². The Hall–Kier alpha value is -2.43. The Balaban J connectivity index is 2.38. The molecule has 0 unspecified atom stereocenters. The lowest BCUT2D eigenvalue weighted by atomic mass is 10.2. The van der Waals surface area contributed by atoms with Gasteiger partial charge in [-0.15, -0.1) is 0 Å². The molecule has 1 aromatic heterocycles. The van der Waals surface area contributed by atoms with E-state index in [4.69, 9.17) is 0 Å². The molecule has 1 N–H and O–H groups in total. The Kier molecular flexibility index (Phi) is 3.75. The summed E-state index contributed by atoms with van der Waals surface area (Å²) in [7, 11) is 0. The summed E-state index contributed by atoms with van der Waals surface area (Å²) < 4.78 is 1.57. The molecule has 2 aromatic rings. The first-order valence-corrected chi connectivity index (χ1v) is 6.06. The summed E-state index contributed by atoms with van der Waals surface area (Å²) in [6.07, 6.45) is 3.65. The van der Waals surface area contributed by atoms with Crippen LogP contribution >= 0.6 is 0 Å². The SMILES string of the molecule is CCC(=O)NN=Cc1cn(C(C)=O)c2ccccc12. The molecule has 0 aliphatic rings. The quantitative estimate of drug-likeness (QED) is 0.676. The average molecular weight is 257 g/mol. The first-order chi connectivity index (χ1) is 9.13. The summed E-state index contributed by atoms with van der Waals surface area (Å²) in [5.74, 6) is -0.208. The summed E-state index contributed by atoms with van der Waals surface area (Å²) in [4.78, 5) is 22.6. The van der Waals surface area contributed by atoms with Crippen molar-refractivity contribution >= 4 is 28.9 Å². The van der Waals surface area contributed by atoms with Crippen molar-refractivity contribution in [3.05, 3.63) is 36.0 Å². The number of hydrogen-bond acceptors (Lipinski definition) is 3. The van der Waals surface area contributed by atoms with E-state index in [0.29, 0.717) is 6.42 Å². The van der Waals surface area contributed by atoms with Gasteiger partial charge in [0.1, 0.15) is 0 Å². The number of rotatable bonds is 3. The minimum Gasteiger partial charge on any atom is -0.287 e. The highest BCUT2D eigenvalue weighted by Gasteiger charge is 2.08. The van der Waals surface area contributed by atoms with Gasteiger partial charge in [-0.3, -0.25) is 14.2 Å². The number of nitrogens with zero attached hydrogens (tertiary/aromatic N) is 2. The summed E-state index contributed by atoms with van der Waals surface area (Å²) >= 11 is 0. The van der Waals surface area contributed by atoms with Crippen molar-refractivity contribution in [3.8, 4) is 0 Å². The van der Waals surface area contributed by atoms with Gasteiger partial charge in [0.2, 0.25) is 11.8 Å². The molecule has 0 radical (unpaired) electrons. The van der Waals surface area contributed by atoms with Crippen LogP contribution in [-0.2, 0) is 4.79 Å². The van der Waals surface area contributed by atoms with Crippen LogP contribution < -0.4 is 5.43 Å². The molecule has 1 heterocycles. The van der Waals surface area contributed by atoms with Crippen LogP contribution in [0.25, 0.3) is 10.9 Å². The Morgan fingerprint density at radius 3 is 2.79 bits per heavy atom. The van der Waals surface area contributed by atoms with E-state index in [1.54, 1.807) is 23.9 Å². The number of fused-ring (bicyclic) bond motifs is 1. The number of amides is 1. The second kappa shape index (κ2) is 5.48. The molecule has 0 aliphatic heterocycles. The van der Waals surface area contributed by atoms with Crippen molar-refractivity contribution in [2.45, 2.75) is 20.3 Å². The van der Waals surface area contributed by atoms with Gasteiger partial charge in [0, 0.05) is 30.5 Å². The van der Waals surface area contributed by atoms with Gasteiger partial charge in [0.05, 0.1) is 11.7 Å². The van der Waals surface area contributed by atoms with Gasteiger partial charge in [0.25, 0.3) is 0 Å². The Morgan fingerprint density at radius 2 is 2.11 bits per heavy atom. The summed E-state index contributed by atoms with van der Waals surface area (Å²) in [6, 6.07) is 7.56. The maximum Gasteiger partial charge on any atom is 0.239 e. The fourth-order valence-corrected chi connectivity index (χ4v) is 1.82. The van der Waals surface area contributed by atoms with Crippen molar-refractivity contribution in [2.24, 2.45) is 5.10 Å². The number of nitrogens with one attached hydrogen (secondary N) is 1. The molecular formula is C14H15N3O2. The van der Waals surface area contributed by atoms with Crippen LogP contribution in [0.15, 0.2) is 35.6 Å². The smallest absolute Gasteiger partial charge is 0.239 e. The monoisotopic (exact) mass is 257 g/mol. The van der Waals surface area contributed by atoms with Crippen LogP contribution in [0.1, 0.15) is 30.6 Å². The second-order valence-electron chi connectivity index (χ2n) is 4.14. The number of carbonyl (C=O) groups is 2. The van der Waals surface area contributed by atoms with Crippen LogP contribution in [-0.4, -0.2) is 22.6 Å². The average Bonchev–Trinajstić information content (AvgIpc) is 2.78. The zero-order valence-corrected chi connectivity index (χ0v) is 10.9. The standard InChI is InChI=1S/C14H15N3O2/c1-3-14(19)16-15-8-11-9-17(10(2)18)13-7-5-4-6-12(11)13/h4-9H,3H2,1-2H3,(H,16,19). The molecule has 0 aliphatic carbocycles. The van der Waals surface area contributed by atoms with Gasteiger partial charge >= 0.3 is 0 Å². The maximum atomic E-state index is 11.5. The van der Waals surface area contributed by atoms with Crippen molar-refractivity contribution in [1.29, 1.82) is 0 Å². The van der Waals surface area contributed by atoms with E-state index in [0.717, 1.165) is 16.5 Å². The third-order valence-corrected chi connectivity index (χ3v) is 2.80. The number of hydrogen-bond donors (Lipinski definition) is 1. The lowest BCUT2D eigenvalue weighted by Gasteiger charge is -1.96. The molecule has 0 bridgehead atoms. The second-order valence-corrected chi connectivity index (χ2v) is 4.14. The summed E-state index contributed by atoms with van der Waals surface area (Å²) in [6.45, 7) is 3.26. The van der Waals surface area contributed by atoms with Crippen molar-refractivity contribution in [3.63, 3.8) is 0 Å². The summed E-state index contributed by atoms with van der Waals surface area (Å²) in [5, 5.41) is 4.81. The summed E-state index contributed by atoms with van der Waals surface area (Å²) in [5.41, 5.74) is 4.05. The Labute approximate surface area is 110 Å². The molecule has 5 heteroatoms. The number of aromatic nitrogens is 1. The highest BCUT2D eigenvalue weighted by Crippen LogP contribution is 2.19. The van der Waals surface area contributed by atoms with Gasteiger partial charge in [-0.05, 0) is 6.07 Å².